The van der Waals surface area contributed by atoms with Gasteiger partial charge in [0.15, 0.2) is 0 Å². The molecule has 0 aromatic rings. The molecule has 0 aliphatic heterocycles. The Morgan fingerprint density at radius 1 is 0.889 bits per heavy atom. The highest BCUT2D eigenvalue weighted by Gasteiger charge is 1.95. The maximum absolute atomic E-state index is 10.4. The Labute approximate surface area is 117 Å². The molecular formula is C15H38N2O. The number of carbonyl (C=O) groups is 1. The zero-order valence-corrected chi connectivity index (χ0v) is 14.6. The van der Waals surface area contributed by atoms with Crippen LogP contribution in [0.5, 0.6) is 0 Å². The van der Waals surface area contributed by atoms with E-state index in [2.05, 4.69) is 25.9 Å². The summed E-state index contributed by atoms with van der Waals surface area (Å²) >= 11 is 0. The van der Waals surface area contributed by atoms with Crippen LogP contribution in [-0.4, -0.2) is 50.4 Å². The molecule has 0 radical (unpaired) electrons. The van der Waals surface area contributed by atoms with Gasteiger partial charge in [0.25, 0.3) is 0 Å². The molecule has 0 saturated carbocycles. The smallest absolute Gasteiger partial charge is 0.221 e. The number of amides is 1. The maximum atomic E-state index is 10.4. The lowest BCUT2D eigenvalue weighted by molar-refractivity contribution is -0.128. The number of rotatable bonds is 4. The van der Waals surface area contributed by atoms with Crippen molar-refractivity contribution in [3.8, 4) is 0 Å². The van der Waals surface area contributed by atoms with Gasteiger partial charge in [-0.1, -0.05) is 48.0 Å². The van der Waals surface area contributed by atoms with Gasteiger partial charge in [0.05, 0.1) is 0 Å². The zero-order chi connectivity index (χ0) is 15.6. The largest absolute Gasteiger partial charge is 0.349 e. The Balaban J connectivity index is -0.0000000851. The molecule has 0 fully saturated rings. The number of hydrogen-bond acceptors (Lipinski definition) is 2. The van der Waals surface area contributed by atoms with E-state index in [1.54, 1.807) is 19.0 Å². The van der Waals surface area contributed by atoms with Crippen LogP contribution in [0.25, 0.3) is 0 Å². The topological polar surface area (TPSA) is 23.6 Å². The van der Waals surface area contributed by atoms with Gasteiger partial charge in [-0.15, -0.1) is 0 Å². The molecule has 0 N–H and O–H groups in total. The molecule has 0 aliphatic rings. The van der Waals surface area contributed by atoms with Crippen molar-refractivity contribution >= 4 is 5.91 Å². The van der Waals surface area contributed by atoms with E-state index in [1.165, 1.54) is 19.4 Å². The van der Waals surface area contributed by atoms with E-state index >= 15 is 0 Å². The fourth-order valence-electron chi connectivity index (χ4n) is 0.791. The molecule has 0 aromatic carbocycles. The van der Waals surface area contributed by atoms with Crippen molar-refractivity contribution in [3.05, 3.63) is 0 Å². The predicted molar refractivity (Wildman–Crippen MR) is 85.1 cm³/mol. The van der Waals surface area contributed by atoms with Crippen molar-refractivity contribution in [3.63, 3.8) is 0 Å². The van der Waals surface area contributed by atoms with E-state index in [0.29, 0.717) is 6.42 Å². The first-order chi connectivity index (χ1) is 8.45. The molecule has 0 aliphatic carbocycles. The third kappa shape index (κ3) is 36.1. The molecule has 0 saturated heterocycles. The third-order valence-corrected chi connectivity index (χ3v) is 1.76. The third-order valence-electron chi connectivity index (χ3n) is 1.76. The molecule has 0 spiro atoms. The van der Waals surface area contributed by atoms with Crippen LogP contribution < -0.4 is 0 Å². The van der Waals surface area contributed by atoms with E-state index in [9.17, 15) is 4.79 Å². The summed E-state index contributed by atoms with van der Waals surface area (Å²) in [5, 5.41) is 0. The summed E-state index contributed by atoms with van der Waals surface area (Å²) in [6.07, 6.45) is 3.23. The van der Waals surface area contributed by atoms with Crippen LogP contribution >= 0.6 is 0 Å². The fraction of sp³-hybridized carbons (Fsp3) is 0.933. The molecule has 3 nitrogen and oxygen atoms in total. The summed E-state index contributed by atoms with van der Waals surface area (Å²) in [4.78, 5) is 14.2. The zero-order valence-electron chi connectivity index (χ0n) is 14.6. The second-order valence-corrected chi connectivity index (χ2v) is 3.80. The van der Waals surface area contributed by atoms with Crippen LogP contribution in [0.3, 0.4) is 0 Å². The highest BCUT2D eigenvalue weighted by molar-refractivity contribution is 5.75. The molecule has 0 bridgehead atoms. The summed E-state index contributed by atoms with van der Waals surface area (Å²) in [6.45, 7) is 13.3. The SMILES string of the molecule is CC.CC.CCC(=O)N(C)C.CCCCN(C)C. The molecule has 18 heavy (non-hydrogen) atoms. The number of unbranched alkanes of at least 4 members (excludes halogenated alkanes) is 1. The van der Waals surface area contributed by atoms with Crippen LogP contribution in [0.1, 0.15) is 60.8 Å². The second-order valence-electron chi connectivity index (χ2n) is 3.80. The monoisotopic (exact) mass is 262 g/mol. The fourth-order valence-corrected chi connectivity index (χ4v) is 0.791. The van der Waals surface area contributed by atoms with E-state index < -0.39 is 0 Å². The molecular weight excluding hydrogens is 224 g/mol. The van der Waals surface area contributed by atoms with Gasteiger partial charge < -0.3 is 9.80 Å². The molecule has 0 atom stereocenters. The quantitative estimate of drug-likeness (QED) is 0.767. The summed E-state index contributed by atoms with van der Waals surface area (Å²) in [7, 11) is 7.73. The molecule has 0 unspecified atom stereocenters. The Morgan fingerprint density at radius 2 is 1.28 bits per heavy atom. The molecule has 0 heterocycles. The van der Waals surface area contributed by atoms with Gasteiger partial charge in [0, 0.05) is 20.5 Å². The lowest BCUT2D eigenvalue weighted by Gasteiger charge is -2.05. The standard InChI is InChI=1S/C6H15N.C5H11NO.2C2H6/c1-4-5-6-7(2)3;1-4-5(7)6(2)3;2*1-2/h4-6H2,1-3H3;4H2,1-3H3;2*1-2H3. The minimum atomic E-state index is 0.181. The van der Waals surface area contributed by atoms with E-state index in [-0.39, 0.29) is 5.91 Å². The van der Waals surface area contributed by atoms with Crippen molar-refractivity contribution in [1.82, 2.24) is 9.80 Å². The predicted octanol–water partition coefficient (Wildman–Crippen LogP) is 3.89. The number of carbonyl (C=O) groups excluding carboxylic acids is 1. The Morgan fingerprint density at radius 3 is 1.33 bits per heavy atom. The Hall–Kier alpha value is -0.570. The van der Waals surface area contributed by atoms with Crippen molar-refractivity contribution < 1.29 is 4.79 Å². The Kier molecular flexibility index (Phi) is 36.7. The van der Waals surface area contributed by atoms with Gasteiger partial charge in [0.1, 0.15) is 0 Å². The average molecular weight is 262 g/mol. The molecule has 0 aromatic heterocycles. The van der Waals surface area contributed by atoms with Crippen molar-refractivity contribution in [2.24, 2.45) is 0 Å². The molecule has 1 amide bonds. The van der Waals surface area contributed by atoms with Gasteiger partial charge in [0.2, 0.25) is 5.91 Å². The normalized spacial score (nSPS) is 7.94. The highest BCUT2D eigenvalue weighted by atomic mass is 16.2. The van der Waals surface area contributed by atoms with Crippen molar-refractivity contribution in [2.45, 2.75) is 60.8 Å². The molecule has 0 rings (SSSR count). The maximum Gasteiger partial charge on any atom is 0.221 e. The van der Waals surface area contributed by atoms with Gasteiger partial charge in [-0.25, -0.2) is 0 Å². The van der Waals surface area contributed by atoms with Crippen LogP contribution in [0, 0.1) is 0 Å². The summed E-state index contributed by atoms with van der Waals surface area (Å²) in [5.41, 5.74) is 0. The Bertz CT molecular complexity index is 134. The minimum Gasteiger partial charge on any atom is -0.349 e. The van der Waals surface area contributed by atoms with Crippen LogP contribution in [-0.2, 0) is 4.79 Å². The van der Waals surface area contributed by atoms with Crippen molar-refractivity contribution in [2.75, 3.05) is 34.7 Å². The summed E-state index contributed by atoms with van der Waals surface area (Å²) in [6, 6.07) is 0. The van der Waals surface area contributed by atoms with E-state index in [1.807, 2.05) is 34.6 Å². The second kappa shape index (κ2) is 25.3. The van der Waals surface area contributed by atoms with E-state index in [4.69, 9.17) is 0 Å². The van der Waals surface area contributed by atoms with Gasteiger partial charge in [-0.05, 0) is 27.1 Å². The first-order valence-corrected chi connectivity index (χ1v) is 7.30. The molecule has 114 valence electrons. The first-order valence-electron chi connectivity index (χ1n) is 7.30. The van der Waals surface area contributed by atoms with Crippen LogP contribution in [0.15, 0.2) is 0 Å². The van der Waals surface area contributed by atoms with Crippen LogP contribution in [0.4, 0.5) is 0 Å². The van der Waals surface area contributed by atoms with E-state index in [0.717, 1.165) is 0 Å². The number of nitrogens with zero attached hydrogens (tertiary/aromatic N) is 2. The summed E-state index contributed by atoms with van der Waals surface area (Å²) < 4.78 is 0. The summed E-state index contributed by atoms with van der Waals surface area (Å²) in [5.74, 6) is 0.181. The highest BCUT2D eigenvalue weighted by Crippen LogP contribution is 1.86. The van der Waals surface area contributed by atoms with Gasteiger partial charge in [-0.3, -0.25) is 4.79 Å². The van der Waals surface area contributed by atoms with Gasteiger partial charge >= 0.3 is 0 Å². The average Bonchev–Trinajstić information content (AvgIpc) is 2.40. The van der Waals surface area contributed by atoms with Crippen molar-refractivity contribution in [1.29, 1.82) is 0 Å². The molecule has 3 heteroatoms. The van der Waals surface area contributed by atoms with Gasteiger partial charge in [-0.2, -0.15) is 0 Å². The lowest BCUT2D eigenvalue weighted by atomic mass is 10.3. The van der Waals surface area contributed by atoms with Crippen LogP contribution in [0.2, 0.25) is 0 Å². The number of hydrogen-bond donors (Lipinski definition) is 0. The minimum absolute atomic E-state index is 0.181. The first kappa shape index (κ1) is 26.1. The lowest BCUT2D eigenvalue weighted by Crippen LogP contribution is -2.19.